The van der Waals surface area contributed by atoms with Crippen molar-refractivity contribution in [3.8, 4) is 11.3 Å². The first-order valence-corrected chi connectivity index (χ1v) is 7.80. The molecule has 0 saturated carbocycles. The van der Waals surface area contributed by atoms with Gasteiger partial charge in [0.1, 0.15) is 0 Å². The van der Waals surface area contributed by atoms with Crippen LogP contribution in [0.1, 0.15) is 12.8 Å². The highest BCUT2D eigenvalue weighted by Crippen LogP contribution is 2.27. The van der Waals surface area contributed by atoms with E-state index in [1.807, 2.05) is 0 Å². The molecule has 0 bridgehead atoms. The minimum Gasteiger partial charge on any atom is -0.376 e. The van der Waals surface area contributed by atoms with Crippen LogP contribution in [0.25, 0.3) is 11.3 Å². The number of hydrogen-bond acceptors (Lipinski definition) is 4. The number of H-pyrrole nitrogens is 1. The largest absolute Gasteiger partial charge is 0.376 e. The van der Waals surface area contributed by atoms with E-state index in [0.717, 1.165) is 25.0 Å². The van der Waals surface area contributed by atoms with E-state index >= 15 is 0 Å². The van der Waals surface area contributed by atoms with Crippen LogP contribution >= 0.6 is 23.2 Å². The zero-order valence-corrected chi connectivity index (χ0v) is 13.2. The number of ether oxygens (including phenoxy) is 1. The Balaban J connectivity index is 1.82. The molecular weight excluding hydrogens is 325 g/mol. The highest BCUT2D eigenvalue weighted by atomic mass is 35.5. The van der Waals surface area contributed by atoms with Crippen molar-refractivity contribution in [2.24, 2.45) is 0 Å². The molecule has 7 heteroatoms. The Kier molecular flexibility index (Phi) is 4.66. The minimum absolute atomic E-state index is 0.166. The van der Waals surface area contributed by atoms with Crippen LogP contribution in [0.15, 0.2) is 29.1 Å². The maximum atomic E-state index is 11.8. The molecule has 1 saturated heterocycles. The fraction of sp³-hybridized carbons (Fsp3) is 0.333. The Labute approximate surface area is 137 Å². The van der Waals surface area contributed by atoms with Gasteiger partial charge in [0.05, 0.1) is 21.8 Å². The number of rotatable bonds is 4. The third-order valence-electron chi connectivity index (χ3n) is 3.48. The number of benzene rings is 1. The van der Waals surface area contributed by atoms with Crippen molar-refractivity contribution >= 4 is 29.2 Å². The highest BCUT2D eigenvalue weighted by Gasteiger charge is 2.15. The molecule has 1 aliphatic rings. The lowest BCUT2D eigenvalue weighted by Crippen LogP contribution is -2.21. The second-order valence-electron chi connectivity index (χ2n) is 5.12. The van der Waals surface area contributed by atoms with Gasteiger partial charge in [-0.1, -0.05) is 29.3 Å². The first-order chi connectivity index (χ1) is 10.6. The summed E-state index contributed by atoms with van der Waals surface area (Å²) in [5.74, 6) is 0.420. The number of halogens is 2. The zero-order chi connectivity index (χ0) is 15.5. The molecule has 1 atom stereocenters. The van der Waals surface area contributed by atoms with Gasteiger partial charge >= 0.3 is 0 Å². The molecule has 0 aliphatic carbocycles. The Morgan fingerprint density at radius 3 is 2.91 bits per heavy atom. The van der Waals surface area contributed by atoms with Gasteiger partial charge in [0.15, 0.2) is 0 Å². The van der Waals surface area contributed by atoms with E-state index in [4.69, 9.17) is 27.9 Å². The fourth-order valence-corrected chi connectivity index (χ4v) is 2.66. The molecule has 1 aromatic carbocycles. The van der Waals surface area contributed by atoms with E-state index in [1.54, 1.807) is 18.2 Å². The van der Waals surface area contributed by atoms with E-state index in [2.05, 4.69) is 15.3 Å². The molecule has 22 heavy (non-hydrogen) atoms. The molecule has 116 valence electrons. The Morgan fingerprint density at radius 2 is 2.18 bits per heavy atom. The smallest absolute Gasteiger partial charge is 0.252 e. The van der Waals surface area contributed by atoms with Gasteiger partial charge in [0, 0.05) is 24.8 Å². The van der Waals surface area contributed by atoms with E-state index in [0.29, 0.717) is 28.2 Å². The Bertz CT molecular complexity index is 727. The molecular formula is C15H15Cl2N3O2. The Hall–Kier alpha value is -1.56. The average Bonchev–Trinajstić information content (AvgIpc) is 3.01. The van der Waals surface area contributed by atoms with Crippen LogP contribution in [0.4, 0.5) is 5.95 Å². The molecule has 1 aromatic heterocycles. The lowest BCUT2D eigenvalue weighted by molar-refractivity contribution is 0.120. The van der Waals surface area contributed by atoms with Gasteiger partial charge in [-0.3, -0.25) is 9.78 Å². The van der Waals surface area contributed by atoms with Crippen molar-refractivity contribution in [1.82, 2.24) is 9.97 Å². The molecule has 1 aliphatic heterocycles. The van der Waals surface area contributed by atoms with Crippen LogP contribution in [0, 0.1) is 0 Å². The minimum atomic E-state index is -0.231. The second kappa shape index (κ2) is 6.69. The lowest BCUT2D eigenvalue weighted by Gasteiger charge is -2.11. The lowest BCUT2D eigenvalue weighted by atomic mass is 10.1. The molecule has 0 amide bonds. The van der Waals surface area contributed by atoms with Gasteiger partial charge in [0.2, 0.25) is 5.95 Å². The molecule has 2 aromatic rings. The van der Waals surface area contributed by atoms with Gasteiger partial charge in [-0.25, -0.2) is 4.98 Å². The van der Waals surface area contributed by atoms with Crippen LogP contribution < -0.4 is 10.9 Å². The fourth-order valence-electron chi connectivity index (χ4n) is 2.36. The monoisotopic (exact) mass is 339 g/mol. The molecule has 0 radical (unpaired) electrons. The van der Waals surface area contributed by atoms with Gasteiger partial charge in [-0.05, 0) is 25.0 Å². The van der Waals surface area contributed by atoms with Crippen molar-refractivity contribution in [2.75, 3.05) is 18.5 Å². The van der Waals surface area contributed by atoms with Gasteiger partial charge in [0.25, 0.3) is 5.56 Å². The van der Waals surface area contributed by atoms with E-state index in [9.17, 15) is 4.79 Å². The summed E-state index contributed by atoms with van der Waals surface area (Å²) < 4.78 is 5.53. The number of aromatic nitrogens is 2. The Morgan fingerprint density at radius 1 is 1.32 bits per heavy atom. The summed E-state index contributed by atoms with van der Waals surface area (Å²) in [7, 11) is 0. The van der Waals surface area contributed by atoms with E-state index in [-0.39, 0.29) is 11.7 Å². The first kappa shape index (κ1) is 15.3. The quantitative estimate of drug-likeness (QED) is 0.896. The SMILES string of the molecule is O=c1cc(-c2ccc(Cl)c(Cl)c2)nc(NCC2CCCO2)[nH]1. The first-order valence-electron chi connectivity index (χ1n) is 7.04. The highest BCUT2D eigenvalue weighted by molar-refractivity contribution is 6.42. The van der Waals surface area contributed by atoms with Crippen molar-refractivity contribution < 1.29 is 4.74 Å². The number of hydrogen-bond donors (Lipinski definition) is 2. The molecule has 1 unspecified atom stereocenters. The van der Waals surface area contributed by atoms with Gasteiger partial charge in [-0.15, -0.1) is 0 Å². The third kappa shape index (κ3) is 3.61. The van der Waals surface area contributed by atoms with Crippen molar-refractivity contribution in [1.29, 1.82) is 0 Å². The molecule has 2 heterocycles. The standard InChI is InChI=1S/C15H15Cl2N3O2/c16-11-4-3-9(6-12(11)17)13-7-14(21)20-15(19-13)18-8-10-2-1-5-22-10/h3-4,6-7,10H,1-2,5,8H2,(H2,18,19,20,21). The number of nitrogens with one attached hydrogen (secondary N) is 2. The topological polar surface area (TPSA) is 67.0 Å². The van der Waals surface area contributed by atoms with Gasteiger partial charge in [-0.2, -0.15) is 0 Å². The average molecular weight is 340 g/mol. The summed E-state index contributed by atoms with van der Waals surface area (Å²) in [6.07, 6.45) is 2.25. The summed E-state index contributed by atoms with van der Waals surface area (Å²) >= 11 is 11.9. The van der Waals surface area contributed by atoms with Crippen molar-refractivity contribution in [3.05, 3.63) is 44.7 Å². The summed E-state index contributed by atoms with van der Waals surface area (Å²) in [5.41, 5.74) is 1.05. The molecule has 0 spiro atoms. The van der Waals surface area contributed by atoms with Crippen LogP contribution in [0.2, 0.25) is 10.0 Å². The number of anilines is 1. The van der Waals surface area contributed by atoms with Crippen LogP contribution in [-0.4, -0.2) is 29.2 Å². The maximum absolute atomic E-state index is 11.8. The third-order valence-corrected chi connectivity index (χ3v) is 4.22. The normalized spacial score (nSPS) is 17.6. The molecule has 1 fully saturated rings. The molecule has 2 N–H and O–H groups in total. The predicted molar refractivity (Wildman–Crippen MR) is 87.8 cm³/mol. The number of nitrogens with zero attached hydrogens (tertiary/aromatic N) is 1. The second-order valence-corrected chi connectivity index (χ2v) is 5.94. The van der Waals surface area contributed by atoms with Crippen molar-refractivity contribution in [3.63, 3.8) is 0 Å². The number of aromatic amines is 1. The van der Waals surface area contributed by atoms with Crippen LogP contribution in [0.3, 0.4) is 0 Å². The molecule has 3 rings (SSSR count). The van der Waals surface area contributed by atoms with E-state index in [1.165, 1.54) is 6.07 Å². The summed E-state index contributed by atoms with van der Waals surface area (Å²) in [4.78, 5) is 18.9. The van der Waals surface area contributed by atoms with Crippen LogP contribution in [-0.2, 0) is 4.74 Å². The summed E-state index contributed by atoms with van der Waals surface area (Å²) in [6.45, 7) is 1.41. The summed E-state index contributed by atoms with van der Waals surface area (Å²) in [5, 5.41) is 4.00. The van der Waals surface area contributed by atoms with Gasteiger partial charge < -0.3 is 10.1 Å². The zero-order valence-electron chi connectivity index (χ0n) is 11.7. The summed E-state index contributed by atoms with van der Waals surface area (Å²) in [6, 6.07) is 6.58. The van der Waals surface area contributed by atoms with E-state index < -0.39 is 0 Å². The predicted octanol–water partition coefficient (Wildman–Crippen LogP) is 3.33. The van der Waals surface area contributed by atoms with Crippen LogP contribution in [0.5, 0.6) is 0 Å². The van der Waals surface area contributed by atoms with Crippen molar-refractivity contribution in [2.45, 2.75) is 18.9 Å². The molecule has 5 nitrogen and oxygen atoms in total. The maximum Gasteiger partial charge on any atom is 0.252 e.